The second-order valence-electron chi connectivity index (χ2n) is 6.31. The molecule has 2 saturated carbocycles. The molecule has 1 aliphatic heterocycles. The van der Waals surface area contributed by atoms with E-state index in [2.05, 4.69) is 0 Å². The maximum Gasteiger partial charge on any atom is 0.238 e. The zero-order valence-corrected chi connectivity index (χ0v) is 12.0. The summed E-state index contributed by atoms with van der Waals surface area (Å²) in [6.07, 6.45) is -1.26. The van der Waals surface area contributed by atoms with Gasteiger partial charge in [-0.2, -0.15) is 0 Å². The van der Waals surface area contributed by atoms with Gasteiger partial charge in [-0.25, -0.2) is 0 Å². The van der Waals surface area contributed by atoms with Crippen molar-refractivity contribution in [2.75, 3.05) is 12.0 Å². The number of amides is 2. The molecule has 4 rings (SSSR count). The monoisotopic (exact) mass is 303 g/mol. The van der Waals surface area contributed by atoms with E-state index >= 15 is 0 Å². The third-order valence-electron chi connectivity index (χ3n) is 5.42. The second kappa shape index (κ2) is 4.54. The highest BCUT2D eigenvalue weighted by atomic mass is 16.5. The molecule has 1 aromatic rings. The van der Waals surface area contributed by atoms with Gasteiger partial charge in [-0.05, 0) is 30.7 Å². The van der Waals surface area contributed by atoms with Gasteiger partial charge in [-0.15, -0.1) is 0 Å². The van der Waals surface area contributed by atoms with Crippen LogP contribution in [0.15, 0.2) is 24.3 Å². The van der Waals surface area contributed by atoms with Crippen LogP contribution in [0.5, 0.6) is 5.75 Å². The fourth-order valence-electron chi connectivity index (χ4n) is 4.42. The van der Waals surface area contributed by atoms with Gasteiger partial charge in [0, 0.05) is 11.8 Å². The summed E-state index contributed by atoms with van der Waals surface area (Å²) in [6.45, 7) is 0. The molecular formula is C16H17NO5. The number of hydrogen-bond donors (Lipinski definition) is 2. The number of ether oxygens (including phenoxy) is 1. The first-order chi connectivity index (χ1) is 10.5. The maximum absolute atomic E-state index is 12.7. The van der Waals surface area contributed by atoms with Crippen molar-refractivity contribution in [2.24, 2.45) is 23.7 Å². The summed E-state index contributed by atoms with van der Waals surface area (Å²) in [4.78, 5) is 26.5. The third-order valence-corrected chi connectivity index (χ3v) is 5.42. The van der Waals surface area contributed by atoms with Crippen LogP contribution in [0.3, 0.4) is 0 Å². The Morgan fingerprint density at radius 3 is 1.95 bits per heavy atom. The molecule has 0 radical (unpaired) electrons. The molecule has 1 heterocycles. The van der Waals surface area contributed by atoms with Crippen LogP contribution >= 0.6 is 0 Å². The van der Waals surface area contributed by atoms with Gasteiger partial charge >= 0.3 is 0 Å². The van der Waals surface area contributed by atoms with Crippen molar-refractivity contribution in [2.45, 2.75) is 18.6 Å². The molecule has 2 bridgehead atoms. The Kier molecular flexibility index (Phi) is 2.83. The fraction of sp³-hybridized carbons (Fsp3) is 0.500. The highest BCUT2D eigenvalue weighted by Gasteiger charge is 2.67. The molecule has 2 amide bonds. The van der Waals surface area contributed by atoms with Gasteiger partial charge in [0.25, 0.3) is 0 Å². The van der Waals surface area contributed by atoms with Crippen LogP contribution in [0.1, 0.15) is 6.42 Å². The van der Waals surface area contributed by atoms with Crippen molar-refractivity contribution >= 4 is 17.5 Å². The highest BCUT2D eigenvalue weighted by molar-refractivity contribution is 6.22. The molecule has 2 N–H and O–H groups in total. The van der Waals surface area contributed by atoms with Crippen molar-refractivity contribution in [3.05, 3.63) is 24.3 Å². The number of carbonyl (C=O) groups excluding carboxylic acids is 2. The average molecular weight is 303 g/mol. The number of hydrogen-bond acceptors (Lipinski definition) is 5. The molecule has 1 aromatic carbocycles. The number of fused-ring (bicyclic) bond motifs is 5. The Hall–Kier alpha value is -1.92. The smallest absolute Gasteiger partial charge is 0.238 e. The lowest BCUT2D eigenvalue weighted by molar-refractivity contribution is -0.129. The third kappa shape index (κ3) is 1.56. The van der Waals surface area contributed by atoms with Gasteiger partial charge in [0.1, 0.15) is 5.75 Å². The summed E-state index contributed by atoms with van der Waals surface area (Å²) in [5.74, 6) is -1.52. The Bertz CT molecular complexity index is 610. The molecule has 6 atom stereocenters. The van der Waals surface area contributed by atoms with Crippen LogP contribution in [-0.4, -0.2) is 41.3 Å². The van der Waals surface area contributed by atoms with Crippen molar-refractivity contribution in [3.63, 3.8) is 0 Å². The summed E-state index contributed by atoms with van der Waals surface area (Å²) < 4.78 is 5.08. The molecule has 0 aromatic heterocycles. The largest absolute Gasteiger partial charge is 0.497 e. The van der Waals surface area contributed by atoms with E-state index in [1.54, 1.807) is 31.4 Å². The molecule has 3 fully saturated rings. The number of aliphatic hydroxyl groups excluding tert-OH is 2. The molecule has 1 saturated heterocycles. The van der Waals surface area contributed by atoms with Crippen molar-refractivity contribution in [1.29, 1.82) is 0 Å². The zero-order chi connectivity index (χ0) is 15.6. The molecule has 22 heavy (non-hydrogen) atoms. The van der Waals surface area contributed by atoms with Gasteiger partial charge in [0.15, 0.2) is 0 Å². The summed E-state index contributed by atoms with van der Waals surface area (Å²) in [5, 5.41) is 20.0. The van der Waals surface area contributed by atoms with Crippen LogP contribution in [0.25, 0.3) is 0 Å². The minimum absolute atomic E-state index is 0.265. The SMILES string of the molecule is COc1ccc(N2C(=O)[C@@H]3[C@@H]4C[C@@H]([C@H](O)[C@H]4O)[C@@H]3C2=O)cc1. The standard InChI is InChI=1S/C16H17NO5/c1-22-8-4-2-7(3-5-8)17-15(20)11-9-6-10(12(11)16(17)21)14(19)13(9)18/h2-5,9-14,18-19H,6H2,1H3/t9-,10+,11+,12-,13-,14-/m0/s1. The van der Waals surface area contributed by atoms with E-state index in [0.29, 0.717) is 17.9 Å². The van der Waals surface area contributed by atoms with Crippen LogP contribution in [0.2, 0.25) is 0 Å². The first kappa shape index (κ1) is 13.7. The number of methoxy groups -OCH3 is 1. The average Bonchev–Trinajstić information content (AvgIpc) is 3.13. The van der Waals surface area contributed by atoms with Crippen molar-refractivity contribution < 1.29 is 24.5 Å². The van der Waals surface area contributed by atoms with Crippen LogP contribution in [0.4, 0.5) is 5.69 Å². The van der Waals surface area contributed by atoms with Gasteiger partial charge in [-0.3, -0.25) is 14.5 Å². The maximum atomic E-state index is 12.7. The Morgan fingerprint density at radius 2 is 1.50 bits per heavy atom. The molecule has 0 unspecified atom stereocenters. The Balaban J connectivity index is 1.69. The second-order valence-corrected chi connectivity index (χ2v) is 6.31. The van der Waals surface area contributed by atoms with E-state index in [1.165, 1.54) is 4.90 Å². The number of imide groups is 1. The van der Waals surface area contributed by atoms with Crippen LogP contribution < -0.4 is 9.64 Å². The van der Waals surface area contributed by atoms with Crippen LogP contribution in [0, 0.1) is 23.7 Å². The summed E-state index contributed by atoms with van der Waals surface area (Å²) in [7, 11) is 1.55. The summed E-state index contributed by atoms with van der Waals surface area (Å²) >= 11 is 0. The lowest BCUT2D eigenvalue weighted by atomic mass is 9.78. The number of rotatable bonds is 2. The lowest BCUT2D eigenvalue weighted by Crippen LogP contribution is -2.43. The quantitative estimate of drug-likeness (QED) is 0.761. The van der Waals surface area contributed by atoms with Gasteiger partial charge in [0.2, 0.25) is 11.8 Å². The van der Waals surface area contributed by atoms with Crippen molar-refractivity contribution in [1.82, 2.24) is 0 Å². The minimum Gasteiger partial charge on any atom is -0.497 e. The van der Waals surface area contributed by atoms with Gasteiger partial charge in [-0.1, -0.05) is 0 Å². The van der Waals surface area contributed by atoms with E-state index in [9.17, 15) is 19.8 Å². The minimum atomic E-state index is -0.904. The molecule has 2 aliphatic carbocycles. The number of nitrogens with zero attached hydrogens (tertiary/aromatic N) is 1. The molecule has 0 spiro atoms. The predicted octanol–water partition coefficient (Wildman–Crippen LogP) is 0.172. The Labute approximate surface area is 127 Å². The van der Waals surface area contributed by atoms with E-state index in [0.717, 1.165) is 0 Å². The molecular weight excluding hydrogens is 286 g/mol. The van der Waals surface area contributed by atoms with E-state index in [-0.39, 0.29) is 23.7 Å². The van der Waals surface area contributed by atoms with E-state index < -0.39 is 24.0 Å². The number of carbonyl (C=O) groups is 2. The molecule has 3 aliphatic rings. The number of aliphatic hydroxyl groups is 2. The first-order valence-corrected chi connectivity index (χ1v) is 7.42. The lowest BCUT2D eigenvalue weighted by Gasteiger charge is -2.29. The normalized spacial score (nSPS) is 39.5. The molecule has 116 valence electrons. The Morgan fingerprint density at radius 1 is 1.00 bits per heavy atom. The first-order valence-electron chi connectivity index (χ1n) is 7.42. The topological polar surface area (TPSA) is 87.1 Å². The molecule has 6 nitrogen and oxygen atoms in total. The predicted molar refractivity (Wildman–Crippen MR) is 76.1 cm³/mol. The highest BCUT2D eigenvalue weighted by Crippen LogP contribution is 2.56. The van der Waals surface area contributed by atoms with E-state index in [4.69, 9.17) is 4.74 Å². The number of anilines is 1. The van der Waals surface area contributed by atoms with Crippen LogP contribution in [-0.2, 0) is 9.59 Å². The van der Waals surface area contributed by atoms with Crippen molar-refractivity contribution in [3.8, 4) is 5.75 Å². The van der Waals surface area contributed by atoms with Gasteiger partial charge < -0.3 is 14.9 Å². The molecule has 6 heteroatoms. The summed E-state index contributed by atoms with van der Waals surface area (Å²) in [6, 6.07) is 6.74. The number of benzene rings is 1. The zero-order valence-electron chi connectivity index (χ0n) is 12.0. The fourth-order valence-corrected chi connectivity index (χ4v) is 4.42. The van der Waals surface area contributed by atoms with Gasteiger partial charge in [0.05, 0.1) is 36.8 Å². The summed E-state index contributed by atoms with van der Waals surface area (Å²) in [5.41, 5.74) is 0.508. The van der Waals surface area contributed by atoms with E-state index in [1.807, 2.05) is 0 Å².